The number of anilines is 1. The molecule has 4 rings (SSSR count). The number of rotatable bonds is 7. The van der Waals surface area contributed by atoms with Crippen LogP contribution in [0.1, 0.15) is 43.6 Å². The Balaban J connectivity index is 1.34. The summed E-state index contributed by atoms with van der Waals surface area (Å²) in [4.78, 5) is 6.67. The van der Waals surface area contributed by atoms with Crippen LogP contribution in [0.4, 0.5) is 5.82 Å². The Hall–Kier alpha value is -2.16. The predicted octanol–water partition coefficient (Wildman–Crippen LogP) is 3.27. The summed E-state index contributed by atoms with van der Waals surface area (Å²) in [6.07, 6.45) is 7.93. The maximum atomic E-state index is 11.9. The summed E-state index contributed by atoms with van der Waals surface area (Å²) >= 11 is 0. The van der Waals surface area contributed by atoms with Gasteiger partial charge in [0, 0.05) is 31.2 Å². The minimum Gasteiger partial charge on any atom is -0.508 e. The van der Waals surface area contributed by atoms with Crippen molar-refractivity contribution >= 4 is 15.8 Å². The van der Waals surface area contributed by atoms with E-state index < -0.39 is 10.0 Å². The third-order valence-electron chi connectivity index (χ3n) is 6.63. The van der Waals surface area contributed by atoms with Crippen molar-refractivity contribution in [1.82, 2.24) is 9.71 Å². The van der Waals surface area contributed by atoms with Crippen LogP contribution in [0, 0.1) is 5.92 Å². The summed E-state index contributed by atoms with van der Waals surface area (Å²) in [7, 11) is -3.28. The van der Waals surface area contributed by atoms with E-state index in [0.717, 1.165) is 44.5 Å². The molecule has 2 atom stereocenters. The van der Waals surface area contributed by atoms with Gasteiger partial charge in [-0.2, -0.15) is 0 Å². The molecule has 174 valence electrons. The lowest BCUT2D eigenvalue weighted by molar-refractivity contribution is -0.00214. The highest BCUT2D eigenvalue weighted by atomic mass is 32.2. The van der Waals surface area contributed by atoms with Crippen molar-refractivity contribution in [3.05, 3.63) is 54.2 Å². The molecule has 2 N–H and O–H groups in total. The van der Waals surface area contributed by atoms with E-state index in [0.29, 0.717) is 24.8 Å². The maximum Gasteiger partial charge on any atom is 0.208 e. The van der Waals surface area contributed by atoms with Crippen molar-refractivity contribution in [2.45, 2.75) is 50.2 Å². The molecule has 7 nitrogen and oxygen atoms in total. The Morgan fingerprint density at radius 2 is 1.94 bits per heavy atom. The van der Waals surface area contributed by atoms with Crippen LogP contribution in [-0.4, -0.2) is 56.6 Å². The van der Waals surface area contributed by atoms with Crippen LogP contribution in [0.15, 0.2) is 48.7 Å². The average molecular weight is 460 g/mol. The molecule has 0 radical (unpaired) electrons. The first-order chi connectivity index (χ1) is 15.4. The van der Waals surface area contributed by atoms with Crippen molar-refractivity contribution in [3.8, 4) is 5.75 Å². The highest BCUT2D eigenvalue weighted by molar-refractivity contribution is 7.88. The zero-order chi connectivity index (χ0) is 22.6. The normalized spacial score (nSPS) is 26.7. The predicted molar refractivity (Wildman–Crippen MR) is 125 cm³/mol. The highest BCUT2D eigenvalue weighted by Gasteiger charge is 2.33. The van der Waals surface area contributed by atoms with E-state index in [1.165, 1.54) is 11.8 Å². The van der Waals surface area contributed by atoms with Gasteiger partial charge in [-0.1, -0.05) is 18.2 Å². The van der Waals surface area contributed by atoms with Crippen molar-refractivity contribution in [1.29, 1.82) is 0 Å². The number of aromatic nitrogens is 1. The number of benzene rings is 1. The standard InChI is InChI=1S/C24H33N3O4S/c1-32(29,30)26-23-12-14-27(24-7-2-3-13-25-24)16-20(23)17-31-22-10-8-18(9-11-22)19-5-4-6-21(28)15-19/h2-7,13,15,18,20,22-23,26,28H,8-12,14,16-17H2,1H3/t18-,20-,22+,23-/m0/s1. The summed E-state index contributed by atoms with van der Waals surface area (Å²) in [5, 5.41) is 9.75. The monoisotopic (exact) mass is 459 g/mol. The largest absolute Gasteiger partial charge is 0.508 e. The molecule has 0 bridgehead atoms. The summed E-state index contributed by atoms with van der Waals surface area (Å²) in [6, 6.07) is 13.3. The number of pyridine rings is 1. The van der Waals surface area contributed by atoms with Crippen molar-refractivity contribution in [2.75, 3.05) is 30.9 Å². The van der Waals surface area contributed by atoms with Crippen molar-refractivity contribution in [3.63, 3.8) is 0 Å². The zero-order valence-electron chi connectivity index (χ0n) is 18.6. The number of nitrogens with one attached hydrogen (secondary N) is 1. The third-order valence-corrected chi connectivity index (χ3v) is 7.37. The van der Waals surface area contributed by atoms with E-state index in [2.05, 4.69) is 20.7 Å². The van der Waals surface area contributed by atoms with E-state index in [-0.39, 0.29) is 18.1 Å². The van der Waals surface area contributed by atoms with E-state index in [9.17, 15) is 13.5 Å². The molecule has 0 spiro atoms. The fourth-order valence-electron chi connectivity index (χ4n) is 4.98. The topological polar surface area (TPSA) is 91.8 Å². The van der Waals surface area contributed by atoms with Crippen LogP contribution in [0.5, 0.6) is 5.75 Å². The lowest BCUT2D eigenvalue weighted by Crippen LogP contribution is -2.52. The van der Waals surface area contributed by atoms with Crippen LogP contribution in [0.2, 0.25) is 0 Å². The van der Waals surface area contributed by atoms with E-state index in [1.807, 2.05) is 30.3 Å². The van der Waals surface area contributed by atoms with Gasteiger partial charge in [0.1, 0.15) is 11.6 Å². The highest BCUT2D eigenvalue weighted by Crippen LogP contribution is 2.35. The van der Waals surface area contributed by atoms with Crippen molar-refractivity contribution in [2.24, 2.45) is 5.92 Å². The molecule has 1 aliphatic heterocycles. The molecule has 0 amide bonds. The number of nitrogens with zero attached hydrogens (tertiary/aromatic N) is 2. The molecule has 1 aromatic heterocycles. The van der Waals surface area contributed by atoms with Gasteiger partial charge in [0.15, 0.2) is 0 Å². The molecule has 2 fully saturated rings. The van der Waals surface area contributed by atoms with Gasteiger partial charge in [0.2, 0.25) is 10.0 Å². The third kappa shape index (κ3) is 6.21. The smallest absolute Gasteiger partial charge is 0.208 e. The average Bonchev–Trinajstić information content (AvgIpc) is 2.78. The molecule has 1 saturated carbocycles. The van der Waals surface area contributed by atoms with Gasteiger partial charge in [-0.3, -0.25) is 0 Å². The SMILES string of the molecule is CS(=O)(=O)N[C@H]1CCN(c2ccccn2)C[C@H]1CO[C@H]1CC[C@@H](c2cccc(O)c2)CC1. The summed E-state index contributed by atoms with van der Waals surface area (Å²) in [5.41, 5.74) is 1.19. The fourth-order valence-corrected chi connectivity index (χ4v) is 5.84. The quantitative estimate of drug-likeness (QED) is 0.660. The van der Waals surface area contributed by atoms with Crippen LogP contribution >= 0.6 is 0 Å². The molecule has 2 aromatic rings. The number of phenolic OH excluding ortho intramolecular Hbond substituents is 1. The molecule has 32 heavy (non-hydrogen) atoms. The van der Waals surface area contributed by atoms with Gasteiger partial charge in [0.25, 0.3) is 0 Å². The zero-order valence-corrected chi connectivity index (χ0v) is 19.4. The van der Waals surface area contributed by atoms with Gasteiger partial charge in [-0.05, 0) is 67.9 Å². The van der Waals surface area contributed by atoms with E-state index in [1.54, 1.807) is 12.3 Å². The fraction of sp³-hybridized carbons (Fsp3) is 0.542. The van der Waals surface area contributed by atoms with Crippen LogP contribution in [-0.2, 0) is 14.8 Å². The van der Waals surface area contributed by atoms with Gasteiger partial charge in [-0.15, -0.1) is 0 Å². The molecular weight excluding hydrogens is 426 g/mol. The minimum absolute atomic E-state index is 0.0595. The maximum absolute atomic E-state index is 11.9. The second-order valence-electron chi connectivity index (χ2n) is 9.08. The Bertz CT molecular complexity index is 978. The number of aromatic hydroxyl groups is 1. The van der Waals surface area contributed by atoms with Crippen LogP contribution in [0.25, 0.3) is 0 Å². The molecule has 0 unspecified atom stereocenters. The van der Waals surface area contributed by atoms with Gasteiger partial charge >= 0.3 is 0 Å². The molecule has 2 heterocycles. The van der Waals surface area contributed by atoms with Crippen LogP contribution in [0.3, 0.4) is 0 Å². The first-order valence-electron chi connectivity index (χ1n) is 11.4. The number of hydrogen-bond donors (Lipinski definition) is 2. The second-order valence-corrected chi connectivity index (χ2v) is 10.9. The molecule has 1 aromatic carbocycles. The molecule has 8 heteroatoms. The van der Waals surface area contributed by atoms with Gasteiger partial charge < -0.3 is 14.7 Å². The summed E-state index contributed by atoms with van der Waals surface area (Å²) in [6.45, 7) is 2.00. The van der Waals surface area contributed by atoms with Gasteiger partial charge in [0.05, 0.1) is 19.0 Å². The number of piperidine rings is 1. The Labute approximate surface area is 190 Å². The lowest BCUT2D eigenvalue weighted by atomic mass is 9.82. The Morgan fingerprint density at radius 3 is 2.62 bits per heavy atom. The number of sulfonamides is 1. The number of phenols is 1. The molecular formula is C24H33N3O4S. The van der Waals surface area contributed by atoms with Crippen LogP contribution < -0.4 is 9.62 Å². The second kappa shape index (κ2) is 10.2. The Kier molecular flexibility index (Phi) is 7.33. The lowest BCUT2D eigenvalue weighted by Gasteiger charge is -2.40. The van der Waals surface area contributed by atoms with Gasteiger partial charge in [-0.25, -0.2) is 18.1 Å². The number of hydrogen-bond acceptors (Lipinski definition) is 6. The van der Waals surface area contributed by atoms with E-state index in [4.69, 9.17) is 4.74 Å². The Morgan fingerprint density at radius 1 is 1.12 bits per heavy atom. The number of ether oxygens (including phenoxy) is 1. The molecule has 2 aliphatic rings. The summed E-state index contributed by atoms with van der Waals surface area (Å²) in [5.74, 6) is 1.75. The minimum atomic E-state index is -3.28. The summed E-state index contributed by atoms with van der Waals surface area (Å²) < 4.78 is 33.0. The first kappa shape index (κ1) is 23.0. The first-order valence-corrected chi connectivity index (χ1v) is 13.3. The molecule has 1 aliphatic carbocycles. The molecule has 1 saturated heterocycles. The van der Waals surface area contributed by atoms with E-state index >= 15 is 0 Å². The van der Waals surface area contributed by atoms with Crippen molar-refractivity contribution < 1.29 is 18.3 Å².